The van der Waals surface area contributed by atoms with Gasteiger partial charge in [-0.25, -0.2) is 4.39 Å². The molecule has 31 heavy (non-hydrogen) atoms. The van der Waals surface area contributed by atoms with Gasteiger partial charge in [-0.05, 0) is 29.8 Å². The highest BCUT2D eigenvalue weighted by Crippen LogP contribution is 2.37. The molecule has 3 heterocycles. The van der Waals surface area contributed by atoms with E-state index in [9.17, 15) is 14.3 Å². The highest BCUT2D eigenvalue weighted by molar-refractivity contribution is 5.95. The highest BCUT2D eigenvalue weighted by Gasteiger charge is 2.30. The maximum Gasteiger partial charge on any atom is 0.262 e. The van der Waals surface area contributed by atoms with Crippen LogP contribution in [0.3, 0.4) is 0 Å². The van der Waals surface area contributed by atoms with Crippen LogP contribution in [0.4, 0.5) is 15.8 Å². The van der Waals surface area contributed by atoms with E-state index in [-0.39, 0.29) is 43.4 Å². The fraction of sp³-hybridized carbons (Fsp3) is 0.286. The minimum atomic E-state index is -0.379. The van der Waals surface area contributed by atoms with Crippen LogP contribution in [-0.2, 0) is 24.4 Å². The second-order valence-corrected chi connectivity index (χ2v) is 7.34. The van der Waals surface area contributed by atoms with Crippen molar-refractivity contribution >= 4 is 17.3 Å². The summed E-state index contributed by atoms with van der Waals surface area (Å²) < 4.78 is 30.2. The summed E-state index contributed by atoms with van der Waals surface area (Å²) in [5.74, 6) is 1.07. The molecule has 1 aromatic heterocycles. The van der Waals surface area contributed by atoms with Gasteiger partial charge in [-0.15, -0.1) is 0 Å². The summed E-state index contributed by atoms with van der Waals surface area (Å²) in [5, 5.41) is 15.7. The standard InChI is InChI=1S/C21H19FN4O5/c22-13-2-3-16-18(6-13)29-10-14(7-21-24-19(9-27)25-31-21)26(16)8-12-1-4-17-15(5-12)23-20(28)11-30-17/h1-6,14,27H,7-11H2,(H,23,28)/t14-/m0/s1. The topological polar surface area (TPSA) is 110 Å². The van der Waals surface area contributed by atoms with Crippen LogP contribution in [0.15, 0.2) is 40.9 Å². The van der Waals surface area contributed by atoms with Crippen molar-refractivity contribution in [2.24, 2.45) is 0 Å². The number of aliphatic hydroxyl groups excluding tert-OH is 1. The number of nitrogens with one attached hydrogen (secondary N) is 1. The molecule has 0 aliphatic carbocycles. The summed E-state index contributed by atoms with van der Waals surface area (Å²) in [6.45, 7) is 0.450. The Morgan fingerprint density at radius 2 is 2.10 bits per heavy atom. The number of amides is 1. The van der Waals surface area contributed by atoms with Crippen molar-refractivity contribution in [3.05, 3.63) is 59.5 Å². The number of anilines is 2. The van der Waals surface area contributed by atoms with Crippen molar-refractivity contribution in [3.63, 3.8) is 0 Å². The zero-order chi connectivity index (χ0) is 21.4. The molecular weight excluding hydrogens is 407 g/mol. The number of carbonyl (C=O) groups is 1. The van der Waals surface area contributed by atoms with E-state index in [4.69, 9.17) is 14.0 Å². The first-order valence-corrected chi connectivity index (χ1v) is 9.76. The lowest BCUT2D eigenvalue weighted by Gasteiger charge is -2.38. The molecule has 0 bridgehead atoms. The summed E-state index contributed by atoms with van der Waals surface area (Å²) in [5.41, 5.74) is 2.27. The average Bonchev–Trinajstić information content (AvgIpc) is 3.22. The lowest BCUT2D eigenvalue weighted by Crippen LogP contribution is -2.44. The molecule has 160 valence electrons. The Morgan fingerprint density at radius 1 is 1.19 bits per heavy atom. The van der Waals surface area contributed by atoms with Crippen LogP contribution < -0.4 is 19.7 Å². The van der Waals surface area contributed by atoms with E-state index in [0.717, 1.165) is 11.3 Å². The van der Waals surface area contributed by atoms with Gasteiger partial charge >= 0.3 is 0 Å². The maximum atomic E-state index is 13.7. The summed E-state index contributed by atoms with van der Waals surface area (Å²) in [4.78, 5) is 17.9. The number of hydrogen-bond acceptors (Lipinski definition) is 8. The van der Waals surface area contributed by atoms with Crippen LogP contribution in [0.25, 0.3) is 0 Å². The molecule has 5 rings (SSSR count). The number of aliphatic hydroxyl groups is 1. The van der Waals surface area contributed by atoms with Gasteiger partial charge < -0.3 is 29.3 Å². The van der Waals surface area contributed by atoms with Gasteiger partial charge in [-0.1, -0.05) is 11.2 Å². The molecule has 2 aromatic carbocycles. The molecule has 0 saturated carbocycles. The van der Waals surface area contributed by atoms with Crippen molar-refractivity contribution in [2.75, 3.05) is 23.4 Å². The molecule has 2 N–H and O–H groups in total. The third-order valence-electron chi connectivity index (χ3n) is 5.19. The summed E-state index contributed by atoms with van der Waals surface area (Å²) in [6, 6.07) is 9.84. The lowest BCUT2D eigenvalue weighted by atomic mass is 10.1. The largest absolute Gasteiger partial charge is 0.489 e. The Balaban J connectivity index is 1.46. The van der Waals surface area contributed by atoms with Gasteiger partial charge in [-0.3, -0.25) is 4.79 Å². The van der Waals surface area contributed by atoms with E-state index in [1.54, 1.807) is 6.07 Å². The van der Waals surface area contributed by atoms with Gasteiger partial charge in [0.15, 0.2) is 12.4 Å². The Labute approximate surface area is 176 Å². The number of hydrogen-bond donors (Lipinski definition) is 2. The number of aromatic nitrogens is 2. The first kappa shape index (κ1) is 19.3. The van der Waals surface area contributed by atoms with E-state index in [1.165, 1.54) is 12.1 Å². The van der Waals surface area contributed by atoms with Gasteiger partial charge in [-0.2, -0.15) is 4.98 Å². The molecule has 10 heteroatoms. The Morgan fingerprint density at radius 3 is 2.94 bits per heavy atom. The predicted octanol–water partition coefficient (Wildman–Crippen LogP) is 2.04. The van der Waals surface area contributed by atoms with Crippen LogP contribution in [0.2, 0.25) is 0 Å². The predicted molar refractivity (Wildman–Crippen MR) is 106 cm³/mol. The van der Waals surface area contributed by atoms with Gasteiger partial charge in [0.2, 0.25) is 5.89 Å². The fourth-order valence-corrected chi connectivity index (χ4v) is 3.76. The van der Waals surface area contributed by atoms with Crippen LogP contribution in [0.5, 0.6) is 11.5 Å². The molecule has 2 aliphatic rings. The molecule has 3 aromatic rings. The van der Waals surface area contributed by atoms with Gasteiger partial charge in [0.05, 0.1) is 23.8 Å². The van der Waals surface area contributed by atoms with Crippen LogP contribution in [0.1, 0.15) is 17.3 Å². The lowest BCUT2D eigenvalue weighted by molar-refractivity contribution is -0.118. The molecule has 0 radical (unpaired) electrons. The first-order chi connectivity index (χ1) is 15.1. The van der Waals surface area contributed by atoms with Crippen molar-refractivity contribution in [3.8, 4) is 11.5 Å². The Hall–Kier alpha value is -3.66. The van der Waals surface area contributed by atoms with Gasteiger partial charge in [0.1, 0.15) is 30.5 Å². The molecule has 1 atom stereocenters. The third kappa shape index (κ3) is 3.89. The molecule has 2 aliphatic heterocycles. The fourth-order valence-electron chi connectivity index (χ4n) is 3.76. The minimum absolute atomic E-state index is 0.00314. The third-order valence-corrected chi connectivity index (χ3v) is 5.19. The van der Waals surface area contributed by atoms with E-state index >= 15 is 0 Å². The second kappa shape index (κ2) is 7.88. The normalized spacial score (nSPS) is 17.3. The highest BCUT2D eigenvalue weighted by atomic mass is 19.1. The zero-order valence-corrected chi connectivity index (χ0v) is 16.4. The summed E-state index contributed by atoms with van der Waals surface area (Å²) >= 11 is 0. The summed E-state index contributed by atoms with van der Waals surface area (Å²) in [7, 11) is 0. The van der Waals surface area contributed by atoms with Crippen molar-refractivity contribution < 1.29 is 28.3 Å². The number of fused-ring (bicyclic) bond motifs is 2. The number of nitrogens with zero attached hydrogens (tertiary/aromatic N) is 3. The zero-order valence-electron chi connectivity index (χ0n) is 16.4. The van der Waals surface area contributed by atoms with Crippen LogP contribution in [-0.4, -0.2) is 40.4 Å². The summed E-state index contributed by atoms with van der Waals surface area (Å²) in [6.07, 6.45) is 0.384. The molecule has 0 fully saturated rings. The smallest absolute Gasteiger partial charge is 0.262 e. The van der Waals surface area contributed by atoms with E-state index in [2.05, 4.69) is 20.4 Å². The minimum Gasteiger partial charge on any atom is -0.489 e. The number of carbonyl (C=O) groups excluding carboxylic acids is 1. The molecule has 1 amide bonds. The molecular formula is C21H19FN4O5. The molecule has 0 saturated heterocycles. The number of rotatable bonds is 5. The number of ether oxygens (including phenoxy) is 2. The maximum absolute atomic E-state index is 13.7. The quantitative estimate of drug-likeness (QED) is 0.638. The first-order valence-electron chi connectivity index (χ1n) is 9.76. The Bertz CT molecular complexity index is 1130. The average molecular weight is 426 g/mol. The number of benzene rings is 2. The van der Waals surface area contributed by atoms with Crippen molar-refractivity contribution in [1.29, 1.82) is 0 Å². The monoisotopic (exact) mass is 426 g/mol. The van der Waals surface area contributed by atoms with Gasteiger partial charge in [0, 0.05) is 12.6 Å². The SMILES string of the molecule is O=C1COc2ccc(CN3c4ccc(F)cc4OC[C@@H]3Cc3nc(CO)no3)cc2N1. The second-order valence-electron chi connectivity index (χ2n) is 7.34. The van der Waals surface area contributed by atoms with Crippen LogP contribution in [0, 0.1) is 5.82 Å². The molecule has 0 spiro atoms. The molecule has 0 unspecified atom stereocenters. The van der Waals surface area contributed by atoms with E-state index in [1.807, 2.05) is 18.2 Å². The van der Waals surface area contributed by atoms with Crippen LogP contribution >= 0.6 is 0 Å². The van der Waals surface area contributed by atoms with E-state index in [0.29, 0.717) is 36.0 Å². The van der Waals surface area contributed by atoms with Crippen molar-refractivity contribution in [2.45, 2.75) is 25.6 Å². The molecule has 9 nitrogen and oxygen atoms in total. The van der Waals surface area contributed by atoms with Gasteiger partial charge in [0.25, 0.3) is 5.91 Å². The van der Waals surface area contributed by atoms with Crippen molar-refractivity contribution in [1.82, 2.24) is 10.1 Å². The number of halogens is 1. The Kier molecular flexibility index (Phi) is 4.91. The van der Waals surface area contributed by atoms with E-state index < -0.39 is 0 Å².